The molecule has 5 fully saturated rings. The first-order chi connectivity index (χ1) is 67.2. The highest BCUT2D eigenvalue weighted by atomic mass is 35.5. The number of halogens is 1. The van der Waals surface area contributed by atoms with Crippen molar-refractivity contribution in [2.45, 2.75) is 125 Å². The van der Waals surface area contributed by atoms with Crippen LogP contribution in [0.2, 0.25) is 5.02 Å². The lowest BCUT2D eigenvalue weighted by atomic mass is 9.98. The number of nitrogen functional groups attached to an aromatic ring is 1. The van der Waals surface area contributed by atoms with E-state index in [0.29, 0.717) is 73.5 Å². The first-order valence-corrected chi connectivity index (χ1v) is 48.2. The molecule has 3 N–H and O–H groups in total. The largest absolute Gasteiger partial charge is 0.497 e. The molecule has 138 heavy (non-hydrogen) atoms. The summed E-state index contributed by atoms with van der Waals surface area (Å²) in [5.41, 5.74) is 24.4. The lowest BCUT2D eigenvalue weighted by Gasteiger charge is -2.30. The maximum atomic E-state index is 13.4. The highest BCUT2D eigenvalue weighted by molar-refractivity contribution is 6.35. The summed E-state index contributed by atoms with van der Waals surface area (Å²) in [5, 5.41) is 18.2. The number of carbonyl (C=O) groups is 5. The van der Waals surface area contributed by atoms with Crippen molar-refractivity contribution in [3.05, 3.63) is 305 Å². The summed E-state index contributed by atoms with van der Waals surface area (Å²) < 4.78 is 25.7. The van der Waals surface area contributed by atoms with E-state index >= 15 is 0 Å². The van der Waals surface area contributed by atoms with Gasteiger partial charge in [-0.25, -0.2) is 24.9 Å². The van der Waals surface area contributed by atoms with E-state index in [-0.39, 0.29) is 29.5 Å². The van der Waals surface area contributed by atoms with Crippen molar-refractivity contribution >= 4 is 108 Å². The van der Waals surface area contributed by atoms with Crippen LogP contribution in [0.4, 0.5) is 11.4 Å². The van der Waals surface area contributed by atoms with Crippen molar-refractivity contribution in [1.82, 2.24) is 72.3 Å². The maximum absolute atomic E-state index is 13.4. The molecule has 10 aromatic heterocycles. The number of likely N-dealkylation sites (tertiary alicyclic amines) is 5. The second-order valence-corrected chi connectivity index (χ2v) is 36.8. The number of fused-ring (bicyclic) bond motifs is 5. The van der Waals surface area contributed by atoms with E-state index in [4.69, 9.17) is 36.5 Å². The summed E-state index contributed by atoms with van der Waals surface area (Å²) in [6.07, 6.45) is 32.1. The van der Waals surface area contributed by atoms with E-state index in [0.717, 1.165) is 243 Å². The van der Waals surface area contributed by atoms with Crippen molar-refractivity contribution in [1.29, 1.82) is 5.26 Å². The van der Waals surface area contributed by atoms with Crippen LogP contribution in [-0.4, -0.2) is 189 Å². The number of amides is 5. The third-order valence-corrected chi connectivity index (χ3v) is 27.3. The molecule has 0 aliphatic carbocycles. The van der Waals surface area contributed by atoms with E-state index in [1.165, 1.54) is 30.2 Å². The summed E-state index contributed by atoms with van der Waals surface area (Å²) >= 11 is 6.45. The van der Waals surface area contributed by atoms with Gasteiger partial charge in [0.05, 0.1) is 71.1 Å². The summed E-state index contributed by atoms with van der Waals surface area (Å²) in [7, 11) is 4.93. The van der Waals surface area contributed by atoms with Gasteiger partial charge in [-0.2, -0.15) is 5.26 Å². The number of nitrogens with two attached hydrogens (primary N) is 1. The maximum Gasteiger partial charge on any atom is 0.257 e. The third-order valence-electron chi connectivity index (χ3n) is 27.0. The number of aromatic nitrogens is 10. The Morgan fingerprint density at radius 2 is 0.739 bits per heavy atom. The Kier molecular flexibility index (Phi) is 29.7. The molecule has 5 aliphatic rings. The second-order valence-electron chi connectivity index (χ2n) is 36.4. The molecule has 0 saturated carbocycles. The topological polar surface area (TPSA) is 280 Å². The van der Waals surface area contributed by atoms with Gasteiger partial charge in [0.2, 0.25) is 0 Å². The average molecular weight is 1870 g/mol. The predicted molar refractivity (Wildman–Crippen MR) is 545 cm³/mol. The molecule has 21 rings (SSSR count). The molecule has 27 heteroatoms. The monoisotopic (exact) mass is 1860 g/mol. The van der Waals surface area contributed by atoms with Crippen molar-refractivity contribution < 1.29 is 38.2 Å². The Morgan fingerprint density at radius 3 is 1.19 bits per heavy atom. The smallest absolute Gasteiger partial charge is 0.257 e. The molecular weight excluding hydrogens is 1750 g/mol. The van der Waals surface area contributed by atoms with Crippen molar-refractivity contribution in [3.8, 4) is 51.8 Å². The van der Waals surface area contributed by atoms with Crippen LogP contribution in [0.5, 0.6) is 17.2 Å². The number of hydrogen-bond acceptors (Lipinski definition) is 16. The zero-order chi connectivity index (χ0) is 96.0. The zero-order valence-electron chi connectivity index (χ0n) is 79.6. The van der Waals surface area contributed by atoms with Gasteiger partial charge in [-0.05, 0) is 255 Å². The molecule has 706 valence electrons. The van der Waals surface area contributed by atoms with Crippen LogP contribution >= 0.6 is 11.6 Å². The highest BCUT2D eigenvalue weighted by Crippen LogP contribution is 2.37. The van der Waals surface area contributed by atoms with Gasteiger partial charge in [-0.3, -0.25) is 28.5 Å². The molecule has 0 bridgehead atoms. The van der Waals surface area contributed by atoms with E-state index in [1.807, 2.05) is 201 Å². The molecule has 0 spiro atoms. The van der Waals surface area contributed by atoms with E-state index in [2.05, 4.69) is 125 Å². The molecule has 5 saturated heterocycles. The number of carbonyl (C=O) groups excluding carboxylic acids is 5. The number of nitriles is 1. The predicted octanol–water partition coefficient (Wildman–Crippen LogP) is 21.4. The van der Waals surface area contributed by atoms with Gasteiger partial charge in [0.15, 0.2) is 0 Å². The number of pyridine rings is 5. The number of rotatable bonds is 16. The number of methoxy groups -OCH3 is 3. The Hall–Kier alpha value is -15.1. The van der Waals surface area contributed by atoms with Crippen molar-refractivity contribution in [2.75, 3.05) is 97.8 Å². The second kappa shape index (κ2) is 43.3. The van der Waals surface area contributed by atoms with E-state index in [9.17, 15) is 29.2 Å². The summed E-state index contributed by atoms with van der Waals surface area (Å²) in [6.45, 7) is 19.4. The zero-order valence-corrected chi connectivity index (χ0v) is 80.4. The summed E-state index contributed by atoms with van der Waals surface area (Å²) in [6, 6.07) is 61.9. The number of aryl methyl sites for hydroxylation is 3. The SMILES string of the molecule is COc1ccc(-n2ccc3c(C#N)c(C(=O)N4CCCCC4)cnc32)cc1.COc1ccc(-n2ccc3c(N)c(C(=O)N4CCCCC4)cnc32)cc1.COc1ccc(-n2ccc3c(NCc4ccccc4)c(C(=O)N4CCCCC4)cnc32)cc1.Cc1ccc(-n2cc(C)c3cc(C(=O)N4CCC(C)CC4)cnc32)cc1.Cc1ccc(-n2cc(Cl)c3cc(C(=O)N4CCC(C)CC4)cnc32)cc1. The van der Waals surface area contributed by atoms with Crippen LogP contribution in [-0.2, 0) is 6.54 Å². The molecule has 16 aromatic rings. The molecule has 5 amide bonds. The van der Waals surface area contributed by atoms with Crippen LogP contribution in [0.3, 0.4) is 0 Å². The molecule has 15 heterocycles. The Morgan fingerprint density at radius 1 is 0.391 bits per heavy atom. The lowest BCUT2D eigenvalue weighted by Crippen LogP contribution is -2.37. The standard InChI is InChI=1S/C27H28N4O2.C22H25N3O.C21H22ClN3O.C21H20N4O2.C20H22N4O2/c1-33-22-12-10-21(11-13-22)31-17-14-23-25(28-18-20-8-4-2-5-9-20)24(19-29-26(23)31)27(32)30-15-6-3-7-16-30;1-15-4-6-19(7-5-15)25-14-17(3)20-12-18(13-23-21(20)25)22(26)24-10-8-16(2)9-11-24;1-14-3-5-17(6-4-14)25-13-19(22)18-11-16(12-23-20(18)25)21(26)24-9-7-15(2)8-10-24;1-27-16-7-5-15(6-8-16)25-12-9-17-18(13-22)19(14-23-20(17)25)21(26)24-10-3-2-4-11-24;1-26-15-7-5-14(6-8-15)24-12-9-16-18(21)17(13-22-19(16)24)20(25)23-10-3-2-4-11-23/h2,4-5,8-14,17,19H,3,6-7,15-16,18H2,1H3,(H,28,29);4-7,12-14,16H,8-11H2,1-3H3;3-6,11-13,15H,7-10H2,1-2H3;5-9,12,14H,2-4,10-11H2,1H3;5-9,12-13H,2-4,10-11H2,1H3,(H2,21,22). The number of hydrogen-bond donors (Lipinski definition) is 2. The van der Waals surface area contributed by atoms with Gasteiger partial charge < -0.3 is 68.0 Å². The molecule has 26 nitrogen and oxygen atoms in total. The van der Waals surface area contributed by atoms with Gasteiger partial charge in [0, 0.05) is 189 Å². The molecule has 0 atom stereocenters. The van der Waals surface area contributed by atoms with Gasteiger partial charge in [-0.1, -0.05) is 91.2 Å². The van der Waals surface area contributed by atoms with Gasteiger partial charge in [0.1, 0.15) is 51.6 Å². The van der Waals surface area contributed by atoms with Crippen LogP contribution in [0.1, 0.15) is 177 Å². The quantitative estimate of drug-likeness (QED) is 0.0909. The molecule has 0 unspecified atom stereocenters. The number of ether oxygens (including phenoxy) is 3. The number of nitrogens with zero attached hydrogens (tertiary/aromatic N) is 16. The van der Waals surface area contributed by atoms with Crippen LogP contribution < -0.4 is 25.3 Å². The fourth-order valence-corrected chi connectivity index (χ4v) is 18.9. The first-order valence-electron chi connectivity index (χ1n) is 47.8. The van der Waals surface area contributed by atoms with E-state index in [1.54, 1.807) is 46.1 Å². The molecule has 6 aromatic carbocycles. The summed E-state index contributed by atoms with van der Waals surface area (Å²) in [5.74, 6) is 3.87. The summed E-state index contributed by atoms with van der Waals surface area (Å²) in [4.78, 5) is 97.4. The minimum absolute atomic E-state index is 0.0196. The number of piperidine rings is 5. The normalized spacial score (nSPS) is 14.7. The third kappa shape index (κ3) is 21.0. The number of anilines is 2. The van der Waals surface area contributed by atoms with Crippen molar-refractivity contribution in [2.24, 2.45) is 11.8 Å². The Labute approximate surface area is 809 Å². The lowest BCUT2D eigenvalue weighted by molar-refractivity contribution is 0.0689. The van der Waals surface area contributed by atoms with E-state index < -0.39 is 0 Å². The van der Waals surface area contributed by atoms with Gasteiger partial charge in [-0.15, -0.1) is 0 Å². The van der Waals surface area contributed by atoms with Gasteiger partial charge >= 0.3 is 0 Å². The highest BCUT2D eigenvalue weighted by Gasteiger charge is 2.31. The minimum atomic E-state index is -0.0992. The number of nitrogens with one attached hydrogen (secondary N) is 1. The molecular formula is C111H117ClN18O8. The molecule has 5 aliphatic heterocycles. The van der Waals surface area contributed by atoms with Gasteiger partial charge in [0.25, 0.3) is 29.5 Å². The average Bonchev–Trinajstić information content (AvgIpc) is 1.49. The van der Waals surface area contributed by atoms with Crippen LogP contribution in [0.25, 0.3) is 83.6 Å². The Balaban J connectivity index is 0.000000120. The minimum Gasteiger partial charge on any atom is -0.497 e. The Bertz CT molecular complexity index is 6910. The van der Waals surface area contributed by atoms with Crippen molar-refractivity contribution in [3.63, 3.8) is 0 Å². The van der Waals surface area contributed by atoms with Crippen LogP contribution in [0, 0.1) is 43.9 Å². The molecule has 0 radical (unpaired) electrons. The van der Waals surface area contributed by atoms with Crippen LogP contribution in [0.15, 0.2) is 244 Å². The fourth-order valence-electron chi connectivity index (χ4n) is 18.7. The number of benzene rings is 6. The first kappa shape index (κ1) is 94.7. The fraction of sp³-hybridized carbons (Fsp3) is 0.306.